The number of aromatic hydroxyl groups is 1. The van der Waals surface area contributed by atoms with Gasteiger partial charge in [0, 0.05) is 18.7 Å². The second-order valence-corrected chi connectivity index (χ2v) is 13.4. The predicted molar refractivity (Wildman–Crippen MR) is 161 cm³/mol. The largest absolute Gasteiger partial charge is 0.507 e. The van der Waals surface area contributed by atoms with E-state index in [-0.39, 0.29) is 22.6 Å². The highest BCUT2D eigenvalue weighted by atomic mass is 16.3. The summed E-state index contributed by atoms with van der Waals surface area (Å²) >= 11 is 0. The molecular weight excluding hydrogens is 496 g/mol. The molecule has 40 heavy (non-hydrogen) atoms. The average Bonchev–Trinajstić information content (AvgIpc) is 3.41. The van der Waals surface area contributed by atoms with Crippen molar-refractivity contribution in [3.05, 3.63) is 94.5 Å². The maximum Gasteiger partial charge on any atom is 0.240 e. The molecule has 1 N–H and O–H groups in total. The van der Waals surface area contributed by atoms with Crippen molar-refractivity contribution in [1.82, 2.24) is 4.90 Å². The van der Waals surface area contributed by atoms with E-state index in [1.807, 2.05) is 77.4 Å². The lowest BCUT2D eigenvalue weighted by molar-refractivity contribution is -0.133. The Morgan fingerprint density at radius 1 is 0.925 bits per heavy atom. The number of hydrogen-bond donors (Lipinski definition) is 1. The zero-order valence-electron chi connectivity index (χ0n) is 24.9. The zero-order valence-corrected chi connectivity index (χ0v) is 24.9. The number of amides is 2. The van der Waals surface area contributed by atoms with Crippen LogP contribution < -0.4 is 4.90 Å². The Balaban J connectivity index is 1.76. The summed E-state index contributed by atoms with van der Waals surface area (Å²) in [5.74, 6) is 0.376. The van der Waals surface area contributed by atoms with Crippen LogP contribution in [0.1, 0.15) is 95.2 Å². The van der Waals surface area contributed by atoms with Crippen molar-refractivity contribution in [3.63, 3.8) is 0 Å². The van der Waals surface area contributed by atoms with Crippen molar-refractivity contribution in [2.24, 2.45) is 0 Å². The van der Waals surface area contributed by atoms with E-state index in [0.717, 1.165) is 33.5 Å². The number of para-hydroxylation sites is 1. The molecule has 2 atom stereocenters. The highest BCUT2D eigenvalue weighted by Gasteiger charge is 2.61. The molecule has 0 aliphatic carbocycles. The van der Waals surface area contributed by atoms with Crippen molar-refractivity contribution in [2.45, 2.75) is 90.1 Å². The van der Waals surface area contributed by atoms with E-state index in [1.165, 1.54) is 0 Å². The van der Waals surface area contributed by atoms with Gasteiger partial charge in [0.25, 0.3) is 0 Å². The third-order valence-electron chi connectivity index (χ3n) is 8.70. The van der Waals surface area contributed by atoms with Crippen LogP contribution in [0.25, 0.3) is 0 Å². The van der Waals surface area contributed by atoms with Gasteiger partial charge < -0.3 is 14.9 Å². The van der Waals surface area contributed by atoms with Crippen LogP contribution in [-0.2, 0) is 32.4 Å². The van der Waals surface area contributed by atoms with Gasteiger partial charge in [-0.2, -0.15) is 0 Å². The number of carbonyl (C=O) groups excluding carboxylic acids is 2. The number of likely N-dealkylation sites (tertiary alicyclic amines) is 1. The third-order valence-corrected chi connectivity index (χ3v) is 8.70. The lowest BCUT2D eigenvalue weighted by atomic mass is 9.70. The molecule has 3 aromatic carbocycles. The smallest absolute Gasteiger partial charge is 0.240 e. The van der Waals surface area contributed by atoms with Crippen LogP contribution in [0.4, 0.5) is 5.69 Å². The molecule has 3 aromatic rings. The number of hydrogen-bond acceptors (Lipinski definition) is 3. The Bertz CT molecular complexity index is 1410. The van der Waals surface area contributed by atoms with Crippen molar-refractivity contribution < 1.29 is 14.7 Å². The maximum atomic E-state index is 14.8. The van der Waals surface area contributed by atoms with Crippen molar-refractivity contribution in [1.29, 1.82) is 0 Å². The van der Waals surface area contributed by atoms with Gasteiger partial charge in [-0.25, -0.2) is 0 Å². The normalized spacial score (nSPS) is 20.9. The van der Waals surface area contributed by atoms with E-state index >= 15 is 0 Å². The Morgan fingerprint density at radius 2 is 1.50 bits per heavy atom. The summed E-state index contributed by atoms with van der Waals surface area (Å²) < 4.78 is 0. The molecule has 2 amide bonds. The number of phenolic OH excluding ortho intramolecular Hbond substituents is 1. The predicted octanol–water partition coefficient (Wildman–Crippen LogP) is 7.16. The molecule has 210 valence electrons. The molecule has 0 saturated carbocycles. The standard InChI is InChI=1S/C35H42N2O3/c1-8-29(38)36-19-18-35(31(36)24-20-26(33(2,3)4)30(39)27(21-24)34(5,6)7)25-16-12-13-17-28(25)37(32(35)40)22-23-14-10-9-11-15-23/h9-17,20-21,31,39H,8,18-19,22H2,1-7H3. The molecule has 1 saturated heterocycles. The van der Waals surface area contributed by atoms with Gasteiger partial charge in [0.15, 0.2) is 0 Å². The van der Waals surface area contributed by atoms with E-state index in [4.69, 9.17) is 0 Å². The lowest BCUT2D eigenvalue weighted by Gasteiger charge is -2.37. The van der Waals surface area contributed by atoms with E-state index < -0.39 is 11.5 Å². The molecule has 5 nitrogen and oxygen atoms in total. The van der Waals surface area contributed by atoms with E-state index in [0.29, 0.717) is 31.7 Å². The minimum absolute atomic E-state index is 0.0383. The molecule has 2 unspecified atom stereocenters. The fraction of sp³-hybridized carbons (Fsp3) is 0.429. The Hall–Kier alpha value is -3.60. The van der Waals surface area contributed by atoms with Crippen LogP contribution in [0, 0.1) is 0 Å². The lowest BCUT2D eigenvalue weighted by Crippen LogP contribution is -2.45. The second kappa shape index (κ2) is 9.79. The summed E-state index contributed by atoms with van der Waals surface area (Å²) in [7, 11) is 0. The van der Waals surface area contributed by atoms with Crippen molar-refractivity contribution in [3.8, 4) is 5.75 Å². The third kappa shape index (κ3) is 4.40. The summed E-state index contributed by atoms with van der Waals surface area (Å²) in [6, 6.07) is 21.8. The quantitative estimate of drug-likeness (QED) is 0.384. The first-order valence-corrected chi connectivity index (χ1v) is 14.4. The minimum Gasteiger partial charge on any atom is -0.507 e. The van der Waals surface area contributed by atoms with Gasteiger partial charge in [-0.1, -0.05) is 97.0 Å². The van der Waals surface area contributed by atoms with Gasteiger partial charge in [0.2, 0.25) is 11.8 Å². The van der Waals surface area contributed by atoms with E-state index in [9.17, 15) is 14.7 Å². The van der Waals surface area contributed by atoms with Crippen LogP contribution >= 0.6 is 0 Å². The number of rotatable bonds is 4. The first kappa shape index (κ1) is 27.9. The molecule has 1 fully saturated rings. The number of fused-ring (bicyclic) bond motifs is 2. The van der Waals surface area contributed by atoms with Gasteiger partial charge in [0.1, 0.15) is 11.2 Å². The van der Waals surface area contributed by atoms with Gasteiger partial charge in [-0.15, -0.1) is 0 Å². The SMILES string of the molecule is CCC(=O)N1CCC2(C(=O)N(Cc3ccccc3)c3ccccc32)C1c1cc(C(C)(C)C)c(O)c(C(C)(C)C)c1. The van der Waals surface area contributed by atoms with Gasteiger partial charge >= 0.3 is 0 Å². The van der Waals surface area contributed by atoms with Crippen LogP contribution in [-0.4, -0.2) is 28.4 Å². The van der Waals surface area contributed by atoms with E-state index in [2.05, 4.69) is 47.6 Å². The maximum absolute atomic E-state index is 14.8. The highest BCUT2D eigenvalue weighted by Crippen LogP contribution is 2.58. The Labute approximate surface area is 238 Å². The van der Waals surface area contributed by atoms with Crippen LogP contribution in [0.2, 0.25) is 0 Å². The summed E-state index contributed by atoms with van der Waals surface area (Å²) in [6.07, 6.45) is 0.924. The van der Waals surface area contributed by atoms with Gasteiger partial charge in [0.05, 0.1) is 12.6 Å². The van der Waals surface area contributed by atoms with Crippen LogP contribution in [0.15, 0.2) is 66.7 Å². The van der Waals surface area contributed by atoms with Crippen LogP contribution in [0.3, 0.4) is 0 Å². The highest BCUT2D eigenvalue weighted by molar-refractivity contribution is 6.09. The van der Waals surface area contributed by atoms with Gasteiger partial charge in [-0.05, 0) is 63.3 Å². The Kier molecular flexibility index (Phi) is 6.84. The topological polar surface area (TPSA) is 60.9 Å². The summed E-state index contributed by atoms with van der Waals surface area (Å²) in [5.41, 5.74) is 3.97. The average molecular weight is 539 g/mol. The Morgan fingerprint density at radius 3 is 2.08 bits per heavy atom. The molecule has 0 aromatic heterocycles. The minimum atomic E-state index is -0.905. The van der Waals surface area contributed by atoms with Crippen molar-refractivity contribution in [2.75, 3.05) is 11.4 Å². The fourth-order valence-corrected chi connectivity index (χ4v) is 6.70. The summed E-state index contributed by atoms with van der Waals surface area (Å²) in [6.45, 7) is 15.4. The fourth-order valence-electron chi connectivity index (χ4n) is 6.70. The van der Waals surface area contributed by atoms with E-state index in [1.54, 1.807) is 0 Å². The molecule has 5 rings (SSSR count). The molecule has 2 aliphatic rings. The molecule has 1 spiro atoms. The summed E-state index contributed by atoms with van der Waals surface area (Å²) in [4.78, 5) is 32.1. The zero-order chi connectivity index (χ0) is 29.0. The number of benzene rings is 3. The molecule has 0 radical (unpaired) electrons. The number of anilines is 1. The summed E-state index contributed by atoms with van der Waals surface area (Å²) in [5, 5.41) is 11.5. The second-order valence-electron chi connectivity index (χ2n) is 13.4. The molecule has 2 aliphatic heterocycles. The molecular formula is C35H42N2O3. The van der Waals surface area contributed by atoms with Crippen LogP contribution in [0.5, 0.6) is 5.75 Å². The molecule has 0 bridgehead atoms. The molecule has 5 heteroatoms. The van der Waals surface area contributed by atoms with Crippen molar-refractivity contribution >= 4 is 17.5 Å². The van der Waals surface area contributed by atoms with Gasteiger partial charge in [-0.3, -0.25) is 9.59 Å². The first-order valence-electron chi connectivity index (χ1n) is 14.4. The number of phenols is 1. The number of nitrogens with zero attached hydrogens (tertiary/aromatic N) is 2. The number of carbonyl (C=O) groups is 2. The monoisotopic (exact) mass is 538 g/mol. The first-order chi connectivity index (χ1) is 18.8. The molecule has 2 heterocycles.